The molecular weight excluding hydrogens is 148 g/mol. The Bertz CT molecular complexity index is 271. The lowest BCUT2D eigenvalue weighted by Crippen LogP contribution is -1.98. The van der Waals surface area contributed by atoms with Crippen LogP contribution in [0.4, 0.5) is 0 Å². The minimum absolute atomic E-state index is 0.701. The summed E-state index contributed by atoms with van der Waals surface area (Å²) >= 11 is 0. The average molecular weight is 163 g/mol. The van der Waals surface area contributed by atoms with Crippen LogP contribution in [0.3, 0.4) is 0 Å². The highest BCUT2D eigenvalue weighted by atomic mass is 15.3. The highest BCUT2D eigenvalue weighted by Crippen LogP contribution is 2.35. The van der Waals surface area contributed by atoms with Crippen LogP contribution >= 0.6 is 0 Å². The third kappa shape index (κ3) is 1.38. The minimum Gasteiger partial charge on any atom is -0.266 e. The van der Waals surface area contributed by atoms with Gasteiger partial charge >= 0.3 is 0 Å². The molecule has 0 aliphatic heterocycles. The van der Waals surface area contributed by atoms with Crippen molar-refractivity contribution in [3.63, 3.8) is 0 Å². The van der Waals surface area contributed by atoms with E-state index in [4.69, 9.17) is 0 Å². The Morgan fingerprint density at radius 2 is 2.33 bits per heavy atom. The van der Waals surface area contributed by atoms with E-state index < -0.39 is 0 Å². The number of nitrogens with zero attached hydrogens (tertiary/aromatic N) is 2. The van der Waals surface area contributed by atoms with Gasteiger partial charge in [-0.25, -0.2) is 0 Å². The largest absolute Gasteiger partial charge is 0.266 e. The molecular formula is C10H15N2. The van der Waals surface area contributed by atoms with E-state index in [1.807, 2.05) is 0 Å². The highest BCUT2D eigenvalue weighted by Gasteiger charge is 2.25. The van der Waals surface area contributed by atoms with Crippen molar-refractivity contribution in [3.05, 3.63) is 17.5 Å². The molecule has 65 valence electrons. The molecule has 0 aromatic carbocycles. The van der Waals surface area contributed by atoms with Gasteiger partial charge in [0.25, 0.3) is 0 Å². The fourth-order valence-corrected chi connectivity index (χ4v) is 1.52. The Morgan fingerprint density at radius 3 is 2.92 bits per heavy atom. The first-order valence-electron chi connectivity index (χ1n) is 4.78. The second-order valence-electron chi connectivity index (χ2n) is 3.58. The summed E-state index contributed by atoms with van der Waals surface area (Å²) in [6, 6.07) is 4.02. The van der Waals surface area contributed by atoms with Crippen molar-refractivity contribution in [1.29, 1.82) is 0 Å². The smallest absolute Gasteiger partial charge is 0.0707 e. The molecule has 12 heavy (non-hydrogen) atoms. The Kier molecular flexibility index (Phi) is 1.91. The second kappa shape index (κ2) is 2.92. The maximum absolute atomic E-state index is 4.52. The van der Waals surface area contributed by atoms with Gasteiger partial charge in [-0.2, -0.15) is 5.10 Å². The summed E-state index contributed by atoms with van der Waals surface area (Å²) in [6.07, 6.45) is 4.85. The molecule has 0 bridgehead atoms. The molecule has 1 aromatic rings. The lowest BCUT2D eigenvalue weighted by atomic mass is 10.2. The molecule has 0 saturated heterocycles. The molecule has 2 heteroatoms. The van der Waals surface area contributed by atoms with Crippen molar-refractivity contribution >= 4 is 0 Å². The summed E-state index contributed by atoms with van der Waals surface area (Å²) in [5, 5.41) is 4.52. The zero-order valence-corrected chi connectivity index (χ0v) is 7.80. The number of aromatic nitrogens is 2. The standard InChI is InChI=1S/C10H15N2/c1-3-4-9-7-8(2)12(11-9)10-5-6-10/h10H,3-6H2,1-2H3. The molecule has 1 aliphatic carbocycles. The third-order valence-corrected chi connectivity index (χ3v) is 2.28. The van der Waals surface area contributed by atoms with E-state index in [2.05, 4.69) is 29.7 Å². The van der Waals surface area contributed by atoms with Crippen molar-refractivity contribution in [2.45, 2.75) is 45.6 Å². The Labute approximate surface area is 73.6 Å². The first-order chi connectivity index (χ1) is 5.81. The molecule has 1 saturated carbocycles. The van der Waals surface area contributed by atoms with Crippen LogP contribution in [0.1, 0.15) is 43.6 Å². The molecule has 2 nitrogen and oxygen atoms in total. The molecule has 1 heterocycles. The second-order valence-corrected chi connectivity index (χ2v) is 3.58. The van der Waals surface area contributed by atoms with Gasteiger partial charge in [-0.15, -0.1) is 0 Å². The molecule has 1 fully saturated rings. The van der Waals surface area contributed by atoms with Gasteiger partial charge in [0.2, 0.25) is 0 Å². The first kappa shape index (κ1) is 7.84. The van der Waals surface area contributed by atoms with Crippen LogP contribution < -0.4 is 0 Å². The van der Waals surface area contributed by atoms with Crippen LogP contribution in [0.15, 0.2) is 0 Å². The van der Waals surface area contributed by atoms with Gasteiger partial charge in [-0.1, -0.05) is 13.3 Å². The van der Waals surface area contributed by atoms with Crippen LogP contribution in [0.2, 0.25) is 0 Å². The van der Waals surface area contributed by atoms with Gasteiger partial charge < -0.3 is 0 Å². The third-order valence-electron chi connectivity index (χ3n) is 2.28. The van der Waals surface area contributed by atoms with E-state index >= 15 is 0 Å². The van der Waals surface area contributed by atoms with Crippen molar-refractivity contribution in [2.75, 3.05) is 0 Å². The summed E-state index contributed by atoms with van der Waals surface area (Å²) in [5.74, 6) is 0. The maximum atomic E-state index is 4.52. The molecule has 2 rings (SSSR count). The van der Waals surface area contributed by atoms with Crippen LogP contribution in [-0.4, -0.2) is 9.78 Å². The fourth-order valence-electron chi connectivity index (χ4n) is 1.52. The minimum atomic E-state index is 0.701. The van der Waals surface area contributed by atoms with Gasteiger partial charge in [-0.3, -0.25) is 4.68 Å². The van der Waals surface area contributed by atoms with Gasteiger partial charge in [0.15, 0.2) is 0 Å². The SMILES string of the molecule is CCCc1[c]c(C)n(C2CC2)n1. The summed E-state index contributed by atoms with van der Waals surface area (Å²) in [4.78, 5) is 0. The zero-order valence-electron chi connectivity index (χ0n) is 7.80. The topological polar surface area (TPSA) is 17.8 Å². The number of hydrogen-bond acceptors (Lipinski definition) is 1. The van der Waals surface area contributed by atoms with Gasteiger partial charge in [0.05, 0.1) is 11.7 Å². The van der Waals surface area contributed by atoms with Crippen LogP contribution in [-0.2, 0) is 6.42 Å². The molecule has 0 atom stereocenters. The summed E-state index contributed by atoms with van der Waals surface area (Å²) < 4.78 is 2.14. The molecule has 1 radical (unpaired) electrons. The van der Waals surface area contributed by atoms with E-state index in [-0.39, 0.29) is 0 Å². The van der Waals surface area contributed by atoms with Crippen molar-refractivity contribution in [3.8, 4) is 0 Å². The fraction of sp³-hybridized carbons (Fsp3) is 0.700. The normalized spacial score (nSPS) is 16.8. The average Bonchev–Trinajstić information content (AvgIpc) is 2.79. The van der Waals surface area contributed by atoms with Crippen molar-refractivity contribution < 1.29 is 0 Å². The lowest BCUT2D eigenvalue weighted by molar-refractivity contribution is 0.610. The number of hydrogen-bond donors (Lipinski definition) is 0. The Morgan fingerprint density at radius 1 is 1.58 bits per heavy atom. The van der Waals surface area contributed by atoms with Crippen molar-refractivity contribution in [1.82, 2.24) is 9.78 Å². The van der Waals surface area contributed by atoms with Gasteiger partial charge in [-0.05, 0) is 26.2 Å². The monoisotopic (exact) mass is 163 g/mol. The molecule has 0 amide bonds. The zero-order chi connectivity index (χ0) is 8.55. The molecule has 0 spiro atoms. The van der Waals surface area contributed by atoms with E-state index in [0.29, 0.717) is 6.04 Å². The maximum Gasteiger partial charge on any atom is 0.0707 e. The van der Waals surface area contributed by atoms with E-state index in [1.165, 1.54) is 18.5 Å². The quantitative estimate of drug-likeness (QED) is 0.668. The predicted molar refractivity (Wildman–Crippen MR) is 48.1 cm³/mol. The van der Waals surface area contributed by atoms with E-state index in [1.54, 1.807) is 0 Å². The highest BCUT2D eigenvalue weighted by molar-refractivity contribution is 5.08. The first-order valence-corrected chi connectivity index (χ1v) is 4.78. The summed E-state index contributed by atoms with van der Waals surface area (Å²) in [6.45, 7) is 4.28. The summed E-state index contributed by atoms with van der Waals surface area (Å²) in [5.41, 5.74) is 2.35. The van der Waals surface area contributed by atoms with Gasteiger partial charge in [0.1, 0.15) is 0 Å². The lowest BCUT2D eigenvalue weighted by Gasteiger charge is -1.98. The predicted octanol–water partition coefficient (Wildman–Crippen LogP) is 2.28. The number of rotatable bonds is 3. The molecule has 0 N–H and O–H groups in total. The number of aryl methyl sites for hydroxylation is 2. The van der Waals surface area contributed by atoms with Crippen molar-refractivity contribution in [2.24, 2.45) is 0 Å². The Hall–Kier alpha value is -0.790. The van der Waals surface area contributed by atoms with Gasteiger partial charge in [0, 0.05) is 11.8 Å². The van der Waals surface area contributed by atoms with Crippen LogP contribution in [0.5, 0.6) is 0 Å². The Balaban J connectivity index is 2.18. The molecule has 1 aromatic heterocycles. The summed E-state index contributed by atoms with van der Waals surface area (Å²) in [7, 11) is 0. The van der Waals surface area contributed by atoms with E-state index in [9.17, 15) is 0 Å². The van der Waals surface area contributed by atoms with Crippen LogP contribution in [0.25, 0.3) is 0 Å². The van der Waals surface area contributed by atoms with E-state index in [0.717, 1.165) is 18.5 Å². The molecule has 1 aliphatic rings. The van der Waals surface area contributed by atoms with Crippen LogP contribution in [0, 0.1) is 13.0 Å². The molecule has 0 unspecified atom stereocenters.